The largest absolute Gasteiger partial charge is 0.472 e. The van der Waals surface area contributed by atoms with Gasteiger partial charge in [-0.3, -0.25) is 4.90 Å². The van der Waals surface area contributed by atoms with Crippen LogP contribution < -0.4 is 4.74 Å². The molecule has 2 heterocycles. The van der Waals surface area contributed by atoms with Gasteiger partial charge in [-0.25, -0.2) is 4.98 Å². The Kier molecular flexibility index (Phi) is 3.80. The number of rotatable bonds is 4. The summed E-state index contributed by atoms with van der Waals surface area (Å²) in [7, 11) is 0. The van der Waals surface area contributed by atoms with Crippen LogP contribution >= 0.6 is 0 Å². The van der Waals surface area contributed by atoms with Crippen LogP contribution in [0, 0.1) is 0 Å². The highest BCUT2D eigenvalue weighted by Crippen LogP contribution is 2.32. The van der Waals surface area contributed by atoms with E-state index in [0.717, 1.165) is 32.5 Å². The second kappa shape index (κ2) is 5.72. The van der Waals surface area contributed by atoms with Crippen molar-refractivity contribution in [3.8, 4) is 5.88 Å². The van der Waals surface area contributed by atoms with Gasteiger partial charge in [-0.15, -0.1) is 6.58 Å². The summed E-state index contributed by atoms with van der Waals surface area (Å²) >= 11 is 0. The van der Waals surface area contributed by atoms with Gasteiger partial charge in [0, 0.05) is 31.4 Å². The van der Waals surface area contributed by atoms with E-state index in [4.69, 9.17) is 9.47 Å². The van der Waals surface area contributed by atoms with Gasteiger partial charge in [0.2, 0.25) is 5.88 Å². The Labute approximate surface area is 114 Å². The van der Waals surface area contributed by atoms with Crippen LogP contribution in [0.1, 0.15) is 12.8 Å². The Hall–Kier alpha value is -1.39. The van der Waals surface area contributed by atoms with Gasteiger partial charge in [-0.05, 0) is 18.9 Å². The highest BCUT2D eigenvalue weighted by molar-refractivity contribution is 5.11. The van der Waals surface area contributed by atoms with Crippen LogP contribution in [0.15, 0.2) is 37.1 Å². The molecule has 3 atom stereocenters. The summed E-state index contributed by atoms with van der Waals surface area (Å²) in [6.45, 7) is 6.53. The third-order valence-electron chi connectivity index (χ3n) is 3.92. The average molecular weight is 260 g/mol. The molecule has 0 amide bonds. The van der Waals surface area contributed by atoms with E-state index in [1.807, 2.05) is 24.3 Å². The number of hydrogen-bond acceptors (Lipinski definition) is 4. The molecule has 1 aliphatic heterocycles. The predicted molar refractivity (Wildman–Crippen MR) is 73.2 cm³/mol. The molecule has 3 rings (SSSR count). The first-order valence-electron chi connectivity index (χ1n) is 6.92. The maximum Gasteiger partial charge on any atom is 0.213 e. The van der Waals surface area contributed by atoms with Gasteiger partial charge in [0.25, 0.3) is 0 Å². The lowest BCUT2D eigenvalue weighted by Crippen LogP contribution is -2.52. The second-order valence-corrected chi connectivity index (χ2v) is 5.09. The molecule has 2 fully saturated rings. The Morgan fingerprint density at radius 1 is 1.47 bits per heavy atom. The van der Waals surface area contributed by atoms with Crippen LogP contribution in [-0.4, -0.2) is 47.8 Å². The molecule has 0 spiro atoms. The van der Waals surface area contributed by atoms with E-state index in [1.165, 1.54) is 0 Å². The van der Waals surface area contributed by atoms with Gasteiger partial charge in [0.05, 0.1) is 6.61 Å². The average Bonchev–Trinajstić information content (AvgIpc) is 2.85. The molecule has 2 aliphatic rings. The first-order valence-corrected chi connectivity index (χ1v) is 6.92. The summed E-state index contributed by atoms with van der Waals surface area (Å²) in [5.74, 6) is 0.692. The lowest BCUT2D eigenvalue weighted by atomic mass is 10.1. The van der Waals surface area contributed by atoms with Crippen molar-refractivity contribution in [1.29, 1.82) is 0 Å². The molecule has 0 N–H and O–H groups in total. The molecule has 0 bridgehead atoms. The molecule has 1 aromatic heterocycles. The van der Waals surface area contributed by atoms with Crippen molar-refractivity contribution in [2.24, 2.45) is 0 Å². The second-order valence-electron chi connectivity index (χ2n) is 5.09. The molecule has 0 radical (unpaired) electrons. The van der Waals surface area contributed by atoms with Gasteiger partial charge in [0.1, 0.15) is 12.2 Å². The summed E-state index contributed by atoms with van der Waals surface area (Å²) in [4.78, 5) is 6.68. The van der Waals surface area contributed by atoms with Crippen LogP contribution in [0.2, 0.25) is 0 Å². The van der Waals surface area contributed by atoms with Crippen molar-refractivity contribution in [1.82, 2.24) is 9.88 Å². The number of nitrogens with zero attached hydrogens (tertiary/aromatic N) is 2. The summed E-state index contributed by atoms with van der Waals surface area (Å²) in [6, 6.07) is 6.20. The zero-order valence-electron chi connectivity index (χ0n) is 11.1. The van der Waals surface area contributed by atoms with Crippen molar-refractivity contribution in [3.63, 3.8) is 0 Å². The molecule has 0 aromatic carbocycles. The third-order valence-corrected chi connectivity index (χ3v) is 3.92. The molecule has 1 aliphatic carbocycles. The quantitative estimate of drug-likeness (QED) is 0.774. The Bertz CT molecular complexity index is 423. The number of aromatic nitrogens is 1. The maximum absolute atomic E-state index is 5.98. The van der Waals surface area contributed by atoms with Crippen molar-refractivity contribution in [2.45, 2.75) is 31.1 Å². The van der Waals surface area contributed by atoms with Gasteiger partial charge in [0.15, 0.2) is 0 Å². The topological polar surface area (TPSA) is 34.6 Å². The van der Waals surface area contributed by atoms with Gasteiger partial charge < -0.3 is 9.47 Å². The fourth-order valence-corrected chi connectivity index (χ4v) is 3.08. The lowest BCUT2D eigenvalue weighted by Gasteiger charge is -2.38. The van der Waals surface area contributed by atoms with Crippen molar-refractivity contribution < 1.29 is 9.47 Å². The van der Waals surface area contributed by atoms with E-state index >= 15 is 0 Å². The first kappa shape index (κ1) is 12.6. The zero-order chi connectivity index (χ0) is 13.1. The van der Waals surface area contributed by atoms with Crippen LogP contribution in [0.4, 0.5) is 0 Å². The molecule has 0 unspecified atom stereocenters. The van der Waals surface area contributed by atoms with E-state index in [1.54, 1.807) is 6.20 Å². The molecule has 4 heteroatoms. The highest BCUT2D eigenvalue weighted by atomic mass is 16.5. The molecule has 1 aromatic rings. The molecule has 4 nitrogen and oxygen atoms in total. The number of ether oxygens (including phenoxy) is 2. The number of pyridine rings is 1. The van der Waals surface area contributed by atoms with Crippen LogP contribution in [0.5, 0.6) is 5.88 Å². The van der Waals surface area contributed by atoms with Gasteiger partial charge in [-0.1, -0.05) is 12.1 Å². The number of hydrogen-bond donors (Lipinski definition) is 0. The first-order chi connectivity index (χ1) is 9.38. The van der Waals surface area contributed by atoms with E-state index in [-0.39, 0.29) is 12.2 Å². The fourth-order valence-electron chi connectivity index (χ4n) is 3.08. The number of morpholine rings is 1. The molecular weight excluding hydrogens is 240 g/mol. The molecule has 1 saturated carbocycles. The van der Waals surface area contributed by atoms with Crippen molar-refractivity contribution in [2.75, 3.05) is 19.7 Å². The highest BCUT2D eigenvalue weighted by Gasteiger charge is 2.43. The van der Waals surface area contributed by atoms with Gasteiger partial charge in [-0.2, -0.15) is 0 Å². The minimum absolute atomic E-state index is 0.118. The lowest BCUT2D eigenvalue weighted by molar-refractivity contribution is -0.0865. The van der Waals surface area contributed by atoms with Crippen molar-refractivity contribution >= 4 is 0 Å². The van der Waals surface area contributed by atoms with E-state index in [9.17, 15) is 0 Å². The van der Waals surface area contributed by atoms with E-state index < -0.39 is 0 Å². The van der Waals surface area contributed by atoms with Crippen LogP contribution in [0.25, 0.3) is 0 Å². The predicted octanol–water partition coefficient (Wildman–Crippen LogP) is 1.88. The summed E-state index contributed by atoms with van der Waals surface area (Å²) in [6.07, 6.45) is 6.15. The minimum Gasteiger partial charge on any atom is -0.472 e. The standard InChI is InChI=1S/C15H20N2O2/c1-2-9-17-10-11-18-15-12(17)6-7-13(15)19-14-5-3-4-8-16-14/h2-5,8,12-13,15H,1,6-7,9-11H2/t12-,13-,15+/m1/s1. The maximum atomic E-state index is 5.98. The van der Waals surface area contributed by atoms with Crippen molar-refractivity contribution in [3.05, 3.63) is 37.1 Å². The SMILES string of the molecule is C=CCN1CCO[C@H]2[C@H]1CC[C@H]2Oc1ccccn1. The van der Waals surface area contributed by atoms with E-state index in [2.05, 4.69) is 16.5 Å². The number of fused-ring (bicyclic) bond motifs is 1. The normalized spacial score (nSPS) is 30.8. The van der Waals surface area contributed by atoms with Crippen LogP contribution in [-0.2, 0) is 4.74 Å². The Morgan fingerprint density at radius 3 is 3.21 bits per heavy atom. The van der Waals surface area contributed by atoms with E-state index in [0.29, 0.717) is 11.9 Å². The zero-order valence-corrected chi connectivity index (χ0v) is 11.1. The molecule has 19 heavy (non-hydrogen) atoms. The fraction of sp³-hybridized carbons (Fsp3) is 0.533. The molecular formula is C15H20N2O2. The Morgan fingerprint density at radius 2 is 2.42 bits per heavy atom. The summed E-state index contributed by atoms with van der Waals surface area (Å²) in [5, 5.41) is 0. The Balaban J connectivity index is 1.67. The van der Waals surface area contributed by atoms with Crippen LogP contribution in [0.3, 0.4) is 0 Å². The monoisotopic (exact) mass is 260 g/mol. The molecule has 102 valence electrons. The third kappa shape index (κ3) is 2.65. The summed E-state index contributed by atoms with van der Waals surface area (Å²) in [5.41, 5.74) is 0. The molecule has 1 saturated heterocycles. The minimum atomic E-state index is 0.118. The van der Waals surface area contributed by atoms with Gasteiger partial charge >= 0.3 is 0 Å². The summed E-state index contributed by atoms with van der Waals surface area (Å²) < 4.78 is 11.9. The smallest absolute Gasteiger partial charge is 0.213 e.